The highest BCUT2D eigenvalue weighted by atomic mass is 32.2. The van der Waals surface area contributed by atoms with Crippen molar-refractivity contribution in [2.75, 3.05) is 11.9 Å². The van der Waals surface area contributed by atoms with E-state index in [1.165, 1.54) is 0 Å². The van der Waals surface area contributed by atoms with E-state index in [2.05, 4.69) is 29.1 Å². The molecule has 0 atom stereocenters. The van der Waals surface area contributed by atoms with Gasteiger partial charge in [-0.1, -0.05) is 13.8 Å². The van der Waals surface area contributed by atoms with Crippen molar-refractivity contribution in [3.05, 3.63) is 11.8 Å². The van der Waals surface area contributed by atoms with E-state index in [1.54, 1.807) is 11.8 Å². The van der Waals surface area contributed by atoms with Crippen molar-refractivity contribution in [1.29, 1.82) is 0 Å². The Kier molecular flexibility index (Phi) is 4.20. The van der Waals surface area contributed by atoms with Gasteiger partial charge in [-0.3, -0.25) is 0 Å². The minimum atomic E-state index is 0.554. The van der Waals surface area contributed by atoms with E-state index in [1.807, 2.05) is 20.0 Å². The minimum Gasteiger partial charge on any atom is -0.354 e. The monoisotopic (exact) mass is 211 g/mol. The van der Waals surface area contributed by atoms with Gasteiger partial charge in [0, 0.05) is 18.0 Å². The molecule has 0 unspecified atom stereocenters. The second-order valence-corrected chi connectivity index (χ2v) is 4.94. The Labute approximate surface area is 89.7 Å². The summed E-state index contributed by atoms with van der Waals surface area (Å²) in [4.78, 5) is 8.64. The van der Waals surface area contributed by atoms with E-state index in [9.17, 15) is 0 Å². The van der Waals surface area contributed by atoms with Crippen molar-refractivity contribution >= 4 is 17.7 Å². The molecule has 0 saturated carbocycles. The molecule has 3 nitrogen and oxygen atoms in total. The predicted octanol–water partition coefficient (Wildman–Crippen LogP) is 2.72. The Morgan fingerprint density at radius 2 is 2.21 bits per heavy atom. The fourth-order valence-corrected chi connectivity index (χ4v) is 1.84. The fraction of sp³-hybridized carbons (Fsp3) is 0.600. The van der Waals surface area contributed by atoms with Crippen LogP contribution in [0.5, 0.6) is 0 Å². The van der Waals surface area contributed by atoms with Crippen LogP contribution in [0.25, 0.3) is 0 Å². The highest BCUT2D eigenvalue weighted by Gasteiger charge is 2.05. The molecule has 0 spiro atoms. The average molecular weight is 211 g/mol. The Morgan fingerprint density at radius 1 is 1.50 bits per heavy atom. The van der Waals surface area contributed by atoms with Crippen LogP contribution in [0.2, 0.25) is 0 Å². The van der Waals surface area contributed by atoms with Crippen LogP contribution in [0.3, 0.4) is 0 Å². The molecule has 1 aromatic heterocycles. The summed E-state index contributed by atoms with van der Waals surface area (Å²) >= 11 is 1.77. The zero-order chi connectivity index (χ0) is 10.6. The standard InChI is InChI=1S/C10H17N3S/c1-5-11-10-12-6-8(4)9(13-10)14-7(2)3/h6-7H,5H2,1-4H3,(H,11,12,13). The van der Waals surface area contributed by atoms with Gasteiger partial charge in [-0.05, 0) is 19.4 Å². The van der Waals surface area contributed by atoms with Gasteiger partial charge in [0.25, 0.3) is 0 Å². The second kappa shape index (κ2) is 5.20. The molecule has 1 rings (SSSR count). The third-order valence-electron chi connectivity index (χ3n) is 1.61. The molecule has 1 heterocycles. The van der Waals surface area contributed by atoms with Crippen molar-refractivity contribution in [3.63, 3.8) is 0 Å². The first-order valence-electron chi connectivity index (χ1n) is 4.87. The highest BCUT2D eigenvalue weighted by molar-refractivity contribution is 7.99. The molecular formula is C10H17N3S. The Balaban J connectivity index is 2.84. The van der Waals surface area contributed by atoms with Crippen LogP contribution in [0.15, 0.2) is 11.2 Å². The number of nitrogens with zero attached hydrogens (tertiary/aromatic N) is 2. The predicted molar refractivity (Wildman–Crippen MR) is 61.9 cm³/mol. The number of rotatable bonds is 4. The number of anilines is 1. The van der Waals surface area contributed by atoms with Crippen LogP contribution < -0.4 is 5.32 Å². The lowest BCUT2D eigenvalue weighted by atomic mass is 10.4. The largest absolute Gasteiger partial charge is 0.354 e. The summed E-state index contributed by atoms with van der Waals surface area (Å²) in [6.07, 6.45) is 1.87. The van der Waals surface area contributed by atoms with Crippen molar-refractivity contribution in [3.8, 4) is 0 Å². The molecule has 78 valence electrons. The molecule has 0 saturated heterocycles. The average Bonchev–Trinajstić information content (AvgIpc) is 2.10. The van der Waals surface area contributed by atoms with Gasteiger partial charge < -0.3 is 5.32 Å². The first-order chi connectivity index (χ1) is 6.63. The van der Waals surface area contributed by atoms with Crippen molar-refractivity contribution < 1.29 is 0 Å². The minimum absolute atomic E-state index is 0.554. The number of aryl methyl sites for hydroxylation is 1. The lowest BCUT2D eigenvalue weighted by Crippen LogP contribution is -2.04. The van der Waals surface area contributed by atoms with Gasteiger partial charge in [-0.2, -0.15) is 0 Å². The Bertz CT molecular complexity index is 299. The van der Waals surface area contributed by atoms with Crippen molar-refractivity contribution in [1.82, 2.24) is 9.97 Å². The number of aromatic nitrogens is 2. The highest BCUT2D eigenvalue weighted by Crippen LogP contribution is 2.24. The van der Waals surface area contributed by atoms with Gasteiger partial charge in [-0.25, -0.2) is 9.97 Å². The Morgan fingerprint density at radius 3 is 2.79 bits per heavy atom. The molecule has 4 heteroatoms. The number of thioether (sulfide) groups is 1. The molecule has 0 aliphatic carbocycles. The molecule has 0 aliphatic heterocycles. The van der Waals surface area contributed by atoms with E-state index >= 15 is 0 Å². The van der Waals surface area contributed by atoms with E-state index < -0.39 is 0 Å². The van der Waals surface area contributed by atoms with Gasteiger partial charge in [0.1, 0.15) is 5.03 Å². The summed E-state index contributed by atoms with van der Waals surface area (Å²) in [6.45, 7) is 9.27. The maximum absolute atomic E-state index is 4.44. The summed E-state index contributed by atoms with van der Waals surface area (Å²) in [7, 11) is 0. The van der Waals surface area contributed by atoms with E-state index in [4.69, 9.17) is 0 Å². The lowest BCUT2D eigenvalue weighted by molar-refractivity contribution is 0.974. The molecule has 0 fully saturated rings. The summed E-state index contributed by atoms with van der Waals surface area (Å²) in [6, 6.07) is 0. The number of nitrogens with one attached hydrogen (secondary N) is 1. The van der Waals surface area contributed by atoms with E-state index in [-0.39, 0.29) is 0 Å². The number of hydrogen-bond donors (Lipinski definition) is 1. The molecule has 0 aromatic carbocycles. The maximum Gasteiger partial charge on any atom is 0.223 e. The lowest BCUT2D eigenvalue weighted by Gasteiger charge is -2.08. The zero-order valence-electron chi connectivity index (χ0n) is 9.16. The molecule has 1 aromatic rings. The number of hydrogen-bond acceptors (Lipinski definition) is 4. The van der Waals surface area contributed by atoms with Crippen LogP contribution in [0, 0.1) is 6.92 Å². The van der Waals surface area contributed by atoms with Crippen LogP contribution in [0.1, 0.15) is 26.3 Å². The smallest absolute Gasteiger partial charge is 0.223 e. The summed E-state index contributed by atoms with van der Waals surface area (Å²) < 4.78 is 0. The third kappa shape index (κ3) is 3.18. The molecule has 0 radical (unpaired) electrons. The molecular weight excluding hydrogens is 194 g/mol. The Hall–Kier alpha value is -0.770. The molecule has 0 bridgehead atoms. The van der Waals surface area contributed by atoms with Gasteiger partial charge in [0.05, 0.1) is 0 Å². The fourth-order valence-electron chi connectivity index (χ4n) is 1.01. The summed E-state index contributed by atoms with van der Waals surface area (Å²) in [5, 5.41) is 4.74. The topological polar surface area (TPSA) is 37.8 Å². The van der Waals surface area contributed by atoms with Crippen molar-refractivity contribution in [2.24, 2.45) is 0 Å². The van der Waals surface area contributed by atoms with E-state index in [0.717, 1.165) is 23.1 Å². The summed E-state index contributed by atoms with van der Waals surface area (Å²) in [5.74, 6) is 0.723. The molecule has 0 aliphatic rings. The second-order valence-electron chi connectivity index (χ2n) is 3.38. The van der Waals surface area contributed by atoms with Crippen LogP contribution in [-0.2, 0) is 0 Å². The molecule has 14 heavy (non-hydrogen) atoms. The van der Waals surface area contributed by atoms with Crippen LogP contribution >= 0.6 is 11.8 Å². The normalized spacial score (nSPS) is 10.6. The van der Waals surface area contributed by atoms with Gasteiger partial charge in [-0.15, -0.1) is 11.8 Å². The van der Waals surface area contributed by atoms with Gasteiger partial charge in [0.15, 0.2) is 0 Å². The molecule has 1 N–H and O–H groups in total. The SMILES string of the molecule is CCNc1ncc(C)c(SC(C)C)n1. The first kappa shape index (κ1) is 11.3. The maximum atomic E-state index is 4.44. The van der Waals surface area contributed by atoms with Gasteiger partial charge >= 0.3 is 0 Å². The quantitative estimate of drug-likeness (QED) is 0.614. The third-order valence-corrected chi connectivity index (χ3v) is 2.72. The molecule has 0 amide bonds. The van der Waals surface area contributed by atoms with Crippen LogP contribution in [-0.4, -0.2) is 21.8 Å². The first-order valence-corrected chi connectivity index (χ1v) is 5.75. The summed E-state index contributed by atoms with van der Waals surface area (Å²) in [5.41, 5.74) is 1.14. The van der Waals surface area contributed by atoms with Gasteiger partial charge in [0.2, 0.25) is 5.95 Å². The van der Waals surface area contributed by atoms with E-state index in [0.29, 0.717) is 5.25 Å². The van der Waals surface area contributed by atoms with Crippen molar-refractivity contribution in [2.45, 2.75) is 38.0 Å². The van der Waals surface area contributed by atoms with Crippen LogP contribution in [0.4, 0.5) is 5.95 Å². The zero-order valence-corrected chi connectivity index (χ0v) is 9.98.